The molecule has 1 aromatic carbocycles. The Labute approximate surface area is 108 Å². The zero-order valence-corrected chi connectivity index (χ0v) is 11.2. The van der Waals surface area contributed by atoms with Crippen molar-refractivity contribution in [3.63, 3.8) is 0 Å². The van der Waals surface area contributed by atoms with E-state index in [9.17, 15) is 4.79 Å². The second kappa shape index (κ2) is 6.84. The Kier molecular flexibility index (Phi) is 5.43. The third-order valence-corrected chi connectivity index (χ3v) is 2.48. The van der Waals surface area contributed by atoms with Gasteiger partial charge in [0.15, 0.2) is 0 Å². The van der Waals surface area contributed by atoms with Gasteiger partial charge >= 0.3 is 5.97 Å². The lowest BCUT2D eigenvalue weighted by molar-refractivity contribution is -0.155. The Bertz CT molecular complexity index is 424. The highest BCUT2D eigenvalue weighted by Crippen LogP contribution is 2.23. The van der Waals surface area contributed by atoms with Gasteiger partial charge in [-0.3, -0.25) is 0 Å². The molecule has 1 rings (SSSR count). The van der Waals surface area contributed by atoms with Gasteiger partial charge in [-0.2, -0.15) is 0 Å². The lowest BCUT2D eigenvalue weighted by Crippen LogP contribution is -2.20. The summed E-state index contributed by atoms with van der Waals surface area (Å²) >= 11 is 0. The summed E-state index contributed by atoms with van der Waals surface area (Å²) in [4.78, 5) is 11.1. The van der Waals surface area contributed by atoms with Crippen molar-refractivity contribution in [3.05, 3.63) is 42.0 Å². The lowest BCUT2D eigenvalue weighted by Gasteiger charge is -2.17. The van der Waals surface area contributed by atoms with Gasteiger partial charge in [-0.1, -0.05) is 32.1 Å². The third-order valence-electron chi connectivity index (χ3n) is 2.48. The minimum atomic E-state index is -0.618. The molecule has 0 aromatic heterocycles. The zero-order valence-electron chi connectivity index (χ0n) is 11.2. The Morgan fingerprint density at radius 2 is 2.22 bits per heavy atom. The first-order valence-corrected chi connectivity index (χ1v) is 6.16. The predicted molar refractivity (Wildman–Crippen MR) is 71.6 cm³/mol. The molecule has 0 aliphatic rings. The molecule has 98 valence electrons. The molecule has 3 nitrogen and oxygen atoms in total. The smallest absolute Gasteiger partial charge is 0.333 e. The van der Waals surface area contributed by atoms with E-state index in [0.29, 0.717) is 0 Å². The number of hydrogen-bond acceptors (Lipinski definition) is 3. The minimum Gasteiger partial charge on any atom is -0.455 e. The van der Waals surface area contributed by atoms with Gasteiger partial charge in [0.2, 0.25) is 6.29 Å². The van der Waals surface area contributed by atoms with Crippen molar-refractivity contribution in [2.75, 3.05) is 0 Å². The summed E-state index contributed by atoms with van der Waals surface area (Å²) in [6, 6.07) is 6.07. The monoisotopic (exact) mass is 248 g/mol. The maximum atomic E-state index is 11.1. The molecule has 0 aliphatic heterocycles. The highest BCUT2D eigenvalue weighted by atomic mass is 16.7. The van der Waals surface area contributed by atoms with Crippen LogP contribution in [0.25, 0.3) is 0 Å². The number of hydrogen-bond donors (Lipinski definition) is 0. The number of esters is 1. The molecule has 18 heavy (non-hydrogen) atoms. The molecule has 0 spiro atoms. The number of carbonyl (C=O) groups excluding carboxylic acids is 1. The molecule has 0 amide bonds. The summed E-state index contributed by atoms with van der Waals surface area (Å²) in [5.74, 6) is 0.299. The van der Waals surface area contributed by atoms with Crippen molar-refractivity contribution in [1.29, 1.82) is 0 Å². The number of ether oxygens (including phenoxy) is 2. The fraction of sp³-hybridized carbons (Fsp3) is 0.400. The van der Waals surface area contributed by atoms with Gasteiger partial charge < -0.3 is 9.47 Å². The SMILES string of the molecule is C=CC(=O)OC(C)Oc1cc(C)ccc1CCC. The van der Waals surface area contributed by atoms with E-state index in [1.54, 1.807) is 6.92 Å². The Balaban J connectivity index is 2.78. The molecule has 0 heterocycles. The number of aryl methyl sites for hydroxylation is 2. The Morgan fingerprint density at radius 3 is 2.83 bits per heavy atom. The minimum absolute atomic E-state index is 0.479. The van der Waals surface area contributed by atoms with Crippen LogP contribution in [0.4, 0.5) is 0 Å². The van der Waals surface area contributed by atoms with Crippen LogP contribution in [-0.2, 0) is 16.0 Å². The van der Waals surface area contributed by atoms with Crippen molar-refractivity contribution >= 4 is 5.97 Å². The van der Waals surface area contributed by atoms with E-state index in [2.05, 4.69) is 25.6 Å². The van der Waals surface area contributed by atoms with Crippen molar-refractivity contribution < 1.29 is 14.3 Å². The van der Waals surface area contributed by atoms with Crippen molar-refractivity contribution in [2.24, 2.45) is 0 Å². The molecule has 0 bridgehead atoms. The number of carbonyl (C=O) groups is 1. The average Bonchev–Trinajstić information content (AvgIpc) is 2.32. The van der Waals surface area contributed by atoms with Crippen molar-refractivity contribution in [2.45, 2.75) is 39.9 Å². The van der Waals surface area contributed by atoms with Crippen LogP contribution in [0, 0.1) is 6.92 Å². The fourth-order valence-electron chi connectivity index (χ4n) is 1.66. The normalized spacial score (nSPS) is 11.7. The van der Waals surface area contributed by atoms with E-state index in [0.717, 1.165) is 35.8 Å². The Hall–Kier alpha value is -1.77. The van der Waals surface area contributed by atoms with Gasteiger partial charge in [-0.05, 0) is 30.5 Å². The van der Waals surface area contributed by atoms with Crippen LogP contribution in [0.2, 0.25) is 0 Å². The molecule has 3 heteroatoms. The molecule has 0 fully saturated rings. The molecule has 1 unspecified atom stereocenters. The summed E-state index contributed by atoms with van der Waals surface area (Å²) in [7, 11) is 0. The third kappa shape index (κ3) is 4.24. The van der Waals surface area contributed by atoms with E-state index in [-0.39, 0.29) is 0 Å². The molecule has 0 radical (unpaired) electrons. The van der Waals surface area contributed by atoms with E-state index >= 15 is 0 Å². The van der Waals surface area contributed by atoms with Crippen LogP contribution in [0.3, 0.4) is 0 Å². The molecule has 0 saturated carbocycles. The maximum Gasteiger partial charge on any atom is 0.333 e. The van der Waals surface area contributed by atoms with Gasteiger partial charge in [-0.25, -0.2) is 4.79 Å². The largest absolute Gasteiger partial charge is 0.455 e. The van der Waals surface area contributed by atoms with Crippen LogP contribution < -0.4 is 4.74 Å². The molecule has 1 atom stereocenters. The van der Waals surface area contributed by atoms with Crippen LogP contribution in [0.5, 0.6) is 5.75 Å². The average molecular weight is 248 g/mol. The first-order chi connectivity index (χ1) is 8.56. The van der Waals surface area contributed by atoms with Gasteiger partial charge in [-0.15, -0.1) is 0 Å². The summed E-state index contributed by atoms with van der Waals surface area (Å²) in [6.45, 7) is 9.16. The number of rotatable bonds is 6. The van der Waals surface area contributed by atoms with Crippen molar-refractivity contribution in [1.82, 2.24) is 0 Å². The fourth-order valence-corrected chi connectivity index (χ4v) is 1.66. The topological polar surface area (TPSA) is 35.5 Å². The first-order valence-electron chi connectivity index (χ1n) is 6.16. The standard InChI is InChI=1S/C15H20O3/c1-5-7-13-9-8-11(3)10-14(13)17-12(4)18-15(16)6-2/h6,8-10,12H,2,5,7H2,1,3-4H3. The second-order valence-electron chi connectivity index (χ2n) is 4.19. The molecule has 0 saturated heterocycles. The summed E-state index contributed by atoms with van der Waals surface area (Å²) in [6.07, 6.45) is 2.49. The number of benzene rings is 1. The zero-order chi connectivity index (χ0) is 13.5. The molecule has 0 aliphatic carbocycles. The Morgan fingerprint density at radius 1 is 1.50 bits per heavy atom. The summed E-state index contributed by atoms with van der Waals surface area (Å²) in [5.41, 5.74) is 2.25. The highest BCUT2D eigenvalue weighted by Gasteiger charge is 2.11. The maximum absolute atomic E-state index is 11.1. The second-order valence-corrected chi connectivity index (χ2v) is 4.19. The van der Waals surface area contributed by atoms with Crippen LogP contribution in [0.1, 0.15) is 31.4 Å². The van der Waals surface area contributed by atoms with Gasteiger partial charge in [0.1, 0.15) is 5.75 Å². The molecule has 1 aromatic rings. The predicted octanol–water partition coefficient (Wildman–Crippen LogP) is 3.40. The van der Waals surface area contributed by atoms with E-state index < -0.39 is 12.3 Å². The first kappa shape index (κ1) is 14.3. The van der Waals surface area contributed by atoms with Crippen LogP contribution >= 0.6 is 0 Å². The van der Waals surface area contributed by atoms with Crippen molar-refractivity contribution in [3.8, 4) is 5.75 Å². The lowest BCUT2D eigenvalue weighted by atomic mass is 10.1. The van der Waals surface area contributed by atoms with Gasteiger partial charge in [0.25, 0.3) is 0 Å². The van der Waals surface area contributed by atoms with Crippen LogP contribution in [0.15, 0.2) is 30.9 Å². The highest BCUT2D eigenvalue weighted by molar-refractivity contribution is 5.81. The molecular formula is C15H20O3. The molecular weight excluding hydrogens is 228 g/mol. The van der Waals surface area contributed by atoms with Gasteiger partial charge in [0.05, 0.1) is 0 Å². The van der Waals surface area contributed by atoms with E-state index in [4.69, 9.17) is 9.47 Å². The van der Waals surface area contributed by atoms with Crippen LogP contribution in [-0.4, -0.2) is 12.3 Å². The summed E-state index contributed by atoms with van der Waals surface area (Å²) < 4.78 is 10.7. The van der Waals surface area contributed by atoms with E-state index in [1.807, 2.05) is 13.0 Å². The van der Waals surface area contributed by atoms with Gasteiger partial charge in [0, 0.05) is 13.0 Å². The van der Waals surface area contributed by atoms with E-state index in [1.165, 1.54) is 0 Å². The quantitative estimate of drug-likeness (QED) is 0.439. The summed E-state index contributed by atoms with van der Waals surface area (Å²) in [5, 5.41) is 0. The molecule has 0 N–H and O–H groups in total.